The first-order valence-corrected chi connectivity index (χ1v) is 13.6. The van der Waals surface area contributed by atoms with E-state index in [1.165, 1.54) is 17.6 Å². The Balaban J connectivity index is 1.25. The van der Waals surface area contributed by atoms with Crippen LogP contribution in [0.5, 0.6) is 11.5 Å². The second-order valence-electron chi connectivity index (χ2n) is 8.12. The zero-order valence-corrected chi connectivity index (χ0v) is 20.2. The molecule has 4 aromatic rings. The van der Waals surface area contributed by atoms with Gasteiger partial charge in [-0.1, -0.05) is 35.6 Å². The number of para-hydroxylation sites is 1. The number of carbonyl (C=O) groups is 1. The van der Waals surface area contributed by atoms with Gasteiger partial charge in [-0.3, -0.25) is 4.79 Å². The average Bonchev–Trinajstić information content (AvgIpc) is 3.28. The predicted octanol–water partition coefficient (Wildman–Crippen LogP) is 4.45. The van der Waals surface area contributed by atoms with E-state index < -0.39 is 9.84 Å². The molecule has 1 fully saturated rings. The minimum Gasteiger partial charge on any atom is -0.457 e. The molecule has 7 nitrogen and oxygen atoms in total. The molecule has 0 N–H and O–H groups in total. The number of benzene rings is 3. The number of thiazole rings is 1. The van der Waals surface area contributed by atoms with Crippen molar-refractivity contribution in [2.45, 2.75) is 4.90 Å². The molecule has 1 saturated heterocycles. The van der Waals surface area contributed by atoms with Crippen molar-refractivity contribution in [1.29, 1.82) is 0 Å². The number of fused-ring (bicyclic) bond motifs is 1. The van der Waals surface area contributed by atoms with E-state index in [1.54, 1.807) is 30.3 Å². The van der Waals surface area contributed by atoms with Crippen molar-refractivity contribution >= 4 is 42.4 Å². The van der Waals surface area contributed by atoms with Crippen LogP contribution in [0.15, 0.2) is 77.7 Å². The quantitative estimate of drug-likeness (QED) is 0.409. The van der Waals surface area contributed by atoms with Gasteiger partial charge in [0.2, 0.25) is 0 Å². The van der Waals surface area contributed by atoms with Crippen LogP contribution in [0.4, 0.5) is 5.13 Å². The van der Waals surface area contributed by atoms with Crippen LogP contribution in [0.3, 0.4) is 0 Å². The average molecular weight is 494 g/mol. The number of amides is 1. The summed E-state index contributed by atoms with van der Waals surface area (Å²) in [6.45, 7) is 2.47. The molecule has 0 unspecified atom stereocenters. The van der Waals surface area contributed by atoms with Crippen LogP contribution < -0.4 is 9.64 Å². The number of hydrogen-bond acceptors (Lipinski definition) is 7. The minimum absolute atomic E-state index is 0.0275. The molecule has 9 heteroatoms. The molecule has 1 aliphatic heterocycles. The number of anilines is 1. The van der Waals surface area contributed by atoms with Crippen molar-refractivity contribution in [3.05, 3.63) is 78.4 Å². The van der Waals surface area contributed by atoms with Gasteiger partial charge in [-0.25, -0.2) is 13.4 Å². The van der Waals surface area contributed by atoms with Gasteiger partial charge in [0.1, 0.15) is 11.5 Å². The van der Waals surface area contributed by atoms with E-state index in [0.29, 0.717) is 42.4 Å². The number of aromatic nitrogens is 1. The number of rotatable bonds is 5. The zero-order chi connectivity index (χ0) is 23.7. The van der Waals surface area contributed by atoms with Gasteiger partial charge in [-0.05, 0) is 48.5 Å². The third kappa shape index (κ3) is 4.76. The van der Waals surface area contributed by atoms with Crippen LogP contribution in [0.1, 0.15) is 10.4 Å². The summed E-state index contributed by atoms with van der Waals surface area (Å²) in [6.07, 6.45) is 1.20. The lowest BCUT2D eigenvalue weighted by Gasteiger charge is -2.34. The maximum absolute atomic E-state index is 13.1. The topological polar surface area (TPSA) is 79.8 Å². The fourth-order valence-corrected chi connectivity index (χ4v) is 5.64. The molecule has 1 aromatic heterocycles. The van der Waals surface area contributed by atoms with Gasteiger partial charge in [0.25, 0.3) is 5.91 Å². The Morgan fingerprint density at radius 2 is 1.65 bits per heavy atom. The van der Waals surface area contributed by atoms with Gasteiger partial charge in [0.15, 0.2) is 15.0 Å². The number of hydrogen-bond donors (Lipinski definition) is 0. The highest BCUT2D eigenvalue weighted by atomic mass is 32.2. The lowest BCUT2D eigenvalue weighted by atomic mass is 10.1. The highest BCUT2D eigenvalue weighted by Crippen LogP contribution is 2.31. The molecule has 1 aliphatic rings. The van der Waals surface area contributed by atoms with Crippen molar-refractivity contribution in [2.24, 2.45) is 0 Å². The molecular weight excluding hydrogens is 470 g/mol. The van der Waals surface area contributed by atoms with Gasteiger partial charge in [-0.2, -0.15) is 0 Å². The van der Waals surface area contributed by atoms with Gasteiger partial charge in [-0.15, -0.1) is 0 Å². The molecule has 174 valence electrons. The third-order valence-electron chi connectivity index (χ3n) is 5.67. The maximum atomic E-state index is 13.1. The van der Waals surface area contributed by atoms with Crippen molar-refractivity contribution in [3.8, 4) is 11.5 Å². The molecule has 0 bridgehead atoms. The van der Waals surface area contributed by atoms with E-state index in [4.69, 9.17) is 4.74 Å². The summed E-state index contributed by atoms with van der Waals surface area (Å²) in [5, 5.41) is 0.839. The van der Waals surface area contributed by atoms with E-state index in [-0.39, 0.29) is 5.91 Å². The number of sulfone groups is 1. The fraction of sp³-hybridized carbons (Fsp3) is 0.200. The van der Waals surface area contributed by atoms with Crippen molar-refractivity contribution in [1.82, 2.24) is 9.88 Å². The monoisotopic (exact) mass is 493 g/mol. The van der Waals surface area contributed by atoms with Crippen LogP contribution in [0.2, 0.25) is 0 Å². The minimum atomic E-state index is -3.26. The smallest absolute Gasteiger partial charge is 0.254 e. The molecule has 0 saturated carbocycles. The Morgan fingerprint density at radius 3 is 2.38 bits per heavy atom. The second-order valence-corrected chi connectivity index (χ2v) is 11.1. The summed E-state index contributed by atoms with van der Waals surface area (Å²) in [7, 11) is -3.26. The zero-order valence-electron chi connectivity index (χ0n) is 18.5. The lowest BCUT2D eigenvalue weighted by Crippen LogP contribution is -2.48. The standard InChI is InChI=1S/C25H23N3O4S2/c1-34(30,31)21-10-11-22-23(17-21)33-25(26-22)28-14-12-27(13-15-28)24(29)18-6-5-9-20(16-18)32-19-7-3-2-4-8-19/h2-11,16-17H,12-15H2,1H3. The molecule has 34 heavy (non-hydrogen) atoms. The number of carbonyl (C=O) groups excluding carboxylic acids is 1. The molecule has 0 aliphatic carbocycles. The highest BCUT2D eigenvalue weighted by molar-refractivity contribution is 7.90. The molecule has 0 radical (unpaired) electrons. The van der Waals surface area contributed by atoms with Crippen LogP contribution in [0.25, 0.3) is 10.2 Å². The summed E-state index contributed by atoms with van der Waals surface area (Å²) in [5.74, 6) is 1.32. The van der Waals surface area contributed by atoms with E-state index in [9.17, 15) is 13.2 Å². The molecule has 0 atom stereocenters. The van der Waals surface area contributed by atoms with Crippen molar-refractivity contribution in [3.63, 3.8) is 0 Å². The molecule has 0 spiro atoms. The van der Waals surface area contributed by atoms with E-state index in [0.717, 1.165) is 21.1 Å². The van der Waals surface area contributed by atoms with E-state index in [2.05, 4.69) is 9.88 Å². The Labute approximate surface area is 202 Å². The fourth-order valence-electron chi connectivity index (χ4n) is 3.86. The summed E-state index contributed by atoms with van der Waals surface area (Å²) in [5.41, 5.74) is 1.37. The van der Waals surface area contributed by atoms with Gasteiger partial charge >= 0.3 is 0 Å². The summed E-state index contributed by atoms with van der Waals surface area (Å²) >= 11 is 1.47. The van der Waals surface area contributed by atoms with Gasteiger partial charge in [0.05, 0.1) is 15.1 Å². The number of nitrogens with zero attached hydrogens (tertiary/aromatic N) is 3. The third-order valence-corrected chi connectivity index (χ3v) is 7.86. The van der Waals surface area contributed by atoms with Crippen LogP contribution in [0, 0.1) is 0 Å². The Hall–Kier alpha value is -3.43. The molecular formula is C25H23N3O4S2. The first-order chi connectivity index (χ1) is 16.4. The van der Waals surface area contributed by atoms with Crippen molar-refractivity contribution in [2.75, 3.05) is 37.3 Å². The van der Waals surface area contributed by atoms with E-state index >= 15 is 0 Å². The number of piperazine rings is 1. The molecule has 2 heterocycles. The SMILES string of the molecule is CS(=O)(=O)c1ccc2nc(N3CCN(C(=O)c4cccc(Oc5ccccc5)c4)CC3)sc2c1. The first-order valence-electron chi connectivity index (χ1n) is 10.8. The van der Waals surface area contributed by atoms with E-state index in [1.807, 2.05) is 47.4 Å². The highest BCUT2D eigenvalue weighted by Gasteiger charge is 2.24. The summed E-state index contributed by atoms with van der Waals surface area (Å²) < 4.78 is 30.4. The predicted molar refractivity (Wildman–Crippen MR) is 134 cm³/mol. The van der Waals surface area contributed by atoms with Crippen LogP contribution in [-0.2, 0) is 9.84 Å². The van der Waals surface area contributed by atoms with Crippen LogP contribution in [-0.4, -0.2) is 56.6 Å². The Bertz CT molecular complexity index is 1440. The number of ether oxygens (including phenoxy) is 1. The molecule has 5 rings (SSSR count). The second kappa shape index (κ2) is 9.08. The maximum Gasteiger partial charge on any atom is 0.254 e. The summed E-state index contributed by atoms with van der Waals surface area (Å²) in [6, 6.07) is 21.7. The van der Waals surface area contributed by atoms with Gasteiger partial charge < -0.3 is 14.5 Å². The first kappa shape index (κ1) is 22.4. The van der Waals surface area contributed by atoms with Gasteiger partial charge in [0, 0.05) is 38.0 Å². The van der Waals surface area contributed by atoms with Crippen LogP contribution >= 0.6 is 11.3 Å². The lowest BCUT2D eigenvalue weighted by molar-refractivity contribution is 0.0746. The largest absolute Gasteiger partial charge is 0.457 e. The molecule has 3 aromatic carbocycles. The normalized spacial score (nSPS) is 14.4. The Kier molecular flexibility index (Phi) is 5.97. The van der Waals surface area contributed by atoms with Crippen molar-refractivity contribution < 1.29 is 17.9 Å². The summed E-state index contributed by atoms with van der Waals surface area (Å²) in [4.78, 5) is 22.0. The molecule has 1 amide bonds. The Morgan fingerprint density at radius 1 is 0.912 bits per heavy atom.